The van der Waals surface area contributed by atoms with E-state index in [2.05, 4.69) is 9.98 Å². The molecule has 1 N–H and O–H groups in total. The van der Waals surface area contributed by atoms with Crippen LogP contribution in [0.25, 0.3) is 11.6 Å². The first-order chi connectivity index (χ1) is 14.1. The quantitative estimate of drug-likeness (QED) is 0.746. The van der Waals surface area contributed by atoms with Crippen LogP contribution in [0.5, 0.6) is 5.75 Å². The lowest BCUT2D eigenvalue weighted by Gasteiger charge is -2.31. The number of furan rings is 1. The minimum atomic E-state index is -0.585. The van der Waals surface area contributed by atoms with Gasteiger partial charge in [-0.05, 0) is 38.0 Å². The summed E-state index contributed by atoms with van der Waals surface area (Å²) in [5, 5.41) is 10.8. The molecule has 0 saturated heterocycles. The Morgan fingerprint density at radius 2 is 2.17 bits per heavy atom. The number of hydrogen-bond donors (Lipinski definition) is 1. The first-order valence-corrected chi connectivity index (χ1v) is 10.1. The minimum Gasteiger partial charge on any atom is -0.504 e. The Labute approximate surface area is 169 Å². The van der Waals surface area contributed by atoms with Crippen molar-refractivity contribution in [3.8, 4) is 5.75 Å². The van der Waals surface area contributed by atoms with E-state index in [9.17, 15) is 9.90 Å². The SMILES string of the molecule is CCOC(=O)c1c(N(C)C2CCCCC2)oc(/C=C2\C=Nc3ncccc32)c1O. The molecule has 0 radical (unpaired) electrons. The van der Waals surface area contributed by atoms with Crippen molar-refractivity contribution < 1.29 is 19.1 Å². The smallest absolute Gasteiger partial charge is 0.347 e. The van der Waals surface area contributed by atoms with E-state index >= 15 is 0 Å². The molecule has 1 saturated carbocycles. The van der Waals surface area contributed by atoms with Crippen LogP contribution in [0.3, 0.4) is 0 Å². The largest absolute Gasteiger partial charge is 0.504 e. The van der Waals surface area contributed by atoms with E-state index in [1.165, 1.54) is 6.42 Å². The predicted octanol–water partition coefficient (Wildman–Crippen LogP) is 4.58. The highest BCUT2D eigenvalue weighted by Gasteiger charge is 2.32. The second kappa shape index (κ2) is 8.11. The summed E-state index contributed by atoms with van der Waals surface area (Å²) in [5.41, 5.74) is 1.69. The normalized spacial score (nSPS) is 17.5. The topological polar surface area (TPSA) is 88.2 Å². The summed E-state index contributed by atoms with van der Waals surface area (Å²) in [4.78, 5) is 23.1. The van der Waals surface area contributed by atoms with Crippen LogP contribution in [0.2, 0.25) is 0 Å². The van der Waals surface area contributed by atoms with Gasteiger partial charge in [0.05, 0.1) is 6.61 Å². The predicted molar refractivity (Wildman–Crippen MR) is 112 cm³/mol. The van der Waals surface area contributed by atoms with Crippen molar-refractivity contribution in [3.05, 3.63) is 35.2 Å². The molecule has 4 rings (SSSR count). The monoisotopic (exact) mass is 395 g/mol. The third-order valence-corrected chi connectivity index (χ3v) is 5.52. The van der Waals surface area contributed by atoms with E-state index in [-0.39, 0.29) is 29.7 Å². The number of anilines is 1. The fourth-order valence-electron chi connectivity index (χ4n) is 3.98. The van der Waals surface area contributed by atoms with Crippen LogP contribution < -0.4 is 4.90 Å². The fourth-order valence-corrected chi connectivity index (χ4v) is 3.98. The van der Waals surface area contributed by atoms with Crippen molar-refractivity contribution in [1.82, 2.24) is 4.98 Å². The molecular formula is C22H25N3O4. The van der Waals surface area contributed by atoms with Crippen LogP contribution in [-0.4, -0.2) is 42.0 Å². The minimum absolute atomic E-state index is 0.0770. The highest BCUT2D eigenvalue weighted by Crippen LogP contribution is 2.41. The van der Waals surface area contributed by atoms with E-state index in [4.69, 9.17) is 9.15 Å². The Morgan fingerprint density at radius 3 is 2.93 bits per heavy atom. The Balaban J connectivity index is 1.75. The fraction of sp³-hybridized carbons (Fsp3) is 0.409. The van der Waals surface area contributed by atoms with Crippen molar-refractivity contribution in [3.63, 3.8) is 0 Å². The molecule has 0 amide bonds. The number of rotatable bonds is 5. The second-order valence-corrected chi connectivity index (χ2v) is 7.35. The van der Waals surface area contributed by atoms with Gasteiger partial charge in [0.15, 0.2) is 22.9 Å². The highest BCUT2D eigenvalue weighted by atomic mass is 16.5. The van der Waals surface area contributed by atoms with Gasteiger partial charge in [-0.3, -0.25) is 0 Å². The van der Waals surface area contributed by atoms with E-state index in [1.54, 1.807) is 25.4 Å². The van der Waals surface area contributed by atoms with E-state index in [0.717, 1.165) is 36.8 Å². The van der Waals surface area contributed by atoms with Gasteiger partial charge in [0.2, 0.25) is 5.88 Å². The van der Waals surface area contributed by atoms with Gasteiger partial charge >= 0.3 is 5.97 Å². The van der Waals surface area contributed by atoms with Gasteiger partial charge in [0, 0.05) is 36.6 Å². The van der Waals surface area contributed by atoms with E-state index in [0.29, 0.717) is 11.7 Å². The average Bonchev–Trinajstić information content (AvgIpc) is 3.30. The van der Waals surface area contributed by atoms with Gasteiger partial charge in [0.1, 0.15) is 0 Å². The lowest BCUT2D eigenvalue weighted by atomic mass is 9.94. The molecule has 1 aliphatic carbocycles. The van der Waals surface area contributed by atoms with Gasteiger partial charge in [-0.25, -0.2) is 14.8 Å². The van der Waals surface area contributed by atoms with Gasteiger partial charge in [0.25, 0.3) is 0 Å². The standard InChI is InChI=1S/C22H25N3O4/c1-3-28-22(27)18-19(26)17(12-14-13-24-20-16(14)10-7-11-23-20)29-21(18)25(2)15-8-5-4-6-9-15/h7,10-13,15,26H,3-6,8-9H2,1-2H3/b14-12+. The third-order valence-electron chi connectivity index (χ3n) is 5.52. The number of ether oxygens (including phenoxy) is 1. The lowest BCUT2D eigenvalue weighted by molar-refractivity contribution is 0.0523. The maximum absolute atomic E-state index is 12.6. The number of aromatic hydroxyl groups is 1. The molecule has 7 nitrogen and oxygen atoms in total. The maximum atomic E-state index is 12.6. The van der Waals surface area contributed by atoms with Crippen LogP contribution in [0, 0.1) is 0 Å². The number of pyridine rings is 1. The summed E-state index contributed by atoms with van der Waals surface area (Å²) < 4.78 is 11.2. The zero-order valence-electron chi connectivity index (χ0n) is 16.7. The van der Waals surface area contributed by atoms with Crippen LogP contribution in [0.15, 0.2) is 27.7 Å². The molecular weight excluding hydrogens is 370 g/mol. The number of allylic oxidation sites excluding steroid dienone is 1. The Kier molecular flexibility index (Phi) is 5.38. The van der Waals surface area contributed by atoms with Gasteiger partial charge in [-0.2, -0.15) is 0 Å². The summed E-state index contributed by atoms with van der Waals surface area (Å²) >= 11 is 0. The Hall–Kier alpha value is -3.09. The summed E-state index contributed by atoms with van der Waals surface area (Å²) in [7, 11) is 1.91. The molecule has 0 aromatic carbocycles. The number of aliphatic imine (C=N–C) groups is 1. The number of aromatic nitrogens is 1. The van der Waals surface area contributed by atoms with E-state index in [1.807, 2.05) is 24.1 Å². The zero-order valence-corrected chi connectivity index (χ0v) is 16.7. The first kappa shape index (κ1) is 19.2. The molecule has 0 spiro atoms. The Bertz CT molecular complexity index is 970. The van der Waals surface area contributed by atoms with Crippen LogP contribution in [0.1, 0.15) is 60.7 Å². The molecule has 3 heterocycles. The zero-order chi connectivity index (χ0) is 20.4. The van der Waals surface area contributed by atoms with Crippen LogP contribution in [-0.2, 0) is 4.74 Å². The van der Waals surface area contributed by atoms with Crippen molar-refractivity contribution in [1.29, 1.82) is 0 Å². The van der Waals surface area contributed by atoms with Crippen LogP contribution in [0.4, 0.5) is 11.7 Å². The molecule has 7 heteroatoms. The highest BCUT2D eigenvalue weighted by molar-refractivity contribution is 6.21. The number of carbonyl (C=O) groups is 1. The van der Waals surface area contributed by atoms with Crippen LogP contribution >= 0.6 is 0 Å². The molecule has 0 bridgehead atoms. The van der Waals surface area contributed by atoms with Crippen molar-refractivity contribution in [2.45, 2.75) is 45.1 Å². The molecule has 2 aliphatic rings. The number of nitrogens with zero attached hydrogens (tertiary/aromatic N) is 3. The lowest BCUT2D eigenvalue weighted by Crippen LogP contribution is -2.34. The summed E-state index contributed by atoms with van der Waals surface area (Å²) in [5.74, 6) is 0.387. The third kappa shape index (κ3) is 3.64. The maximum Gasteiger partial charge on any atom is 0.347 e. The average molecular weight is 395 g/mol. The molecule has 29 heavy (non-hydrogen) atoms. The van der Waals surface area contributed by atoms with Crippen molar-refractivity contribution in [2.24, 2.45) is 4.99 Å². The summed E-state index contributed by atoms with van der Waals surface area (Å²) in [6, 6.07) is 4.00. The summed E-state index contributed by atoms with van der Waals surface area (Å²) in [6.45, 7) is 1.96. The molecule has 152 valence electrons. The van der Waals surface area contributed by atoms with E-state index < -0.39 is 5.97 Å². The first-order valence-electron chi connectivity index (χ1n) is 10.1. The molecule has 0 atom stereocenters. The van der Waals surface area contributed by atoms with Gasteiger partial charge < -0.3 is 19.2 Å². The molecule has 0 unspecified atom stereocenters. The van der Waals surface area contributed by atoms with Gasteiger partial charge in [-0.1, -0.05) is 19.3 Å². The molecule has 2 aromatic heterocycles. The number of esters is 1. The summed E-state index contributed by atoms with van der Waals surface area (Å²) in [6.07, 6.45) is 10.6. The number of carbonyl (C=O) groups excluding carboxylic acids is 1. The van der Waals surface area contributed by atoms with Crippen molar-refractivity contribution in [2.75, 3.05) is 18.6 Å². The molecule has 1 fully saturated rings. The van der Waals surface area contributed by atoms with Gasteiger partial charge in [-0.15, -0.1) is 0 Å². The van der Waals surface area contributed by atoms with Crippen molar-refractivity contribution >= 4 is 35.5 Å². The Morgan fingerprint density at radius 1 is 1.38 bits per heavy atom. The molecule has 2 aromatic rings. The second-order valence-electron chi connectivity index (χ2n) is 7.35. The molecule has 1 aliphatic heterocycles. The number of fused-ring (bicyclic) bond motifs is 1. The number of hydrogen-bond acceptors (Lipinski definition) is 7.